The number of nitrogens with zero attached hydrogens (tertiary/aromatic N) is 4. The molecule has 0 aliphatic heterocycles. The Morgan fingerprint density at radius 2 is 0.690 bits per heavy atom. The number of anilines is 4. The van der Waals surface area contributed by atoms with E-state index in [2.05, 4.69) is 141 Å². The first kappa shape index (κ1) is 105. The van der Waals surface area contributed by atoms with E-state index in [1.807, 2.05) is 213 Å². The summed E-state index contributed by atoms with van der Waals surface area (Å²) in [5.41, 5.74) is 8.60. The van der Waals surface area contributed by atoms with E-state index in [-0.39, 0.29) is 85.8 Å². The zero-order valence-corrected chi connectivity index (χ0v) is 84.2. The van der Waals surface area contributed by atoms with Crippen LogP contribution in [0.4, 0.5) is 22.7 Å². The second-order valence-corrected chi connectivity index (χ2v) is 39.9. The summed E-state index contributed by atoms with van der Waals surface area (Å²) in [7, 11) is 5.31. The van der Waals surface area contributed by atoms with E-state index in [1.165, 1.54) is 89.0 Å². The Bertz CT molecular complexity index is 5820. The third-order valence-electron chi connectivity index (χ3n) is 18.8. The van der Waals surface area contributed by atoms with Gasteiger partial charge in [0.1, 0.15) is 4.88 Å². The minimum Gasteiger partial charge on any atom is -0.544 e. The van der Waals surface area contributed by atoms with Gasteiger partial charge in [-0.3, -0.25) is 9.59 Å². The van der Waals surface area contributed by atoms with Crippen LogP contribution in [0.5, 0.6) is 0 Å². The summed E-state index contributed by atoms with van der Waals surface area (Å²) in [5.74, 6) is -1.30. The number of esters is 1. The number of ether oxygens (including phenoxy) is 1. The van der Waals surface area contributed by atoms with Crippen LogP contribution in [0.3, 0.4) is 0 Å². The van der Waals surface area contributed by atoms with Crippen molar-refractivity contribution < 1.29 is 89.2 Å². The molecule has 11 heterocycles. The Labute approximate surface area is 822 Å². The van der Waals surface area contributed by atoms with Crippen molar-refractivity contribution >= 4 is 220 Å². The quantitative estimate of drug-likeness (QED) is 0.00952. The van der Waals surface area contributed by atoms with Crippen molar-refractivity contribution in [2.45, 2.75) is 40.5 Å². The van der Waals surface area contributed by atoms with Crippen molar-refractivity contribution in [3.63, 3.8) is 0 Å². The number of aliphatic hydroxyl groups excluding tert-OH is 6. The van der Waals surface area contributed by atoms with Crippen LogP contribution >= 0.6 is 125 Å². The van der Waals surface area contributed by atoms with E-state index in [0.717, 1.165) is 87.8 Å². The molecule has 28 heteroatoms. The number of aliphatic hydroxyl groups is 6. The SMILES string of the molecule is CC(=O)c1ccc(-c2cccs2)s1.CCc1ccc(-c2ccc(C=O)s2)s1.CCc1ccc(-c2cccs2)s1.COC(=O)c1ccc(/C=C/c2ccc(N(C)CCO)cc2)s1.Cc1ccc(/C=C/c2ccc(N(C)CCO)cc2)s1.O=C([O-])c1ccc(-c2ccc(/C=C/c3ccc(N(CCO)CCO)cc3)s2)s1.OCCN(CCO)c1ccc(/C=C/c2cccs2)cc1.[Na+]. The minimum absolute atomic E-state index is 0. The number of thiophene rings is 11. The molecule has 11 aromatic heterocycles. The van der Waals surface area contributed by atoms with Crippen molar-refractivity contribution in [1.82, 2.24) is 0 Å². The number of likely N-dealkylation sites (N-methyl/N-ethyl adjacent to an activating group) is 2. The van der Waals surface area contributed by atoms with Crippen LogP contribution in [-0.4, -0.2) is 155 Å². The van der Waals surface area contributed by atoms with Crippen LogP contribution in [0.25, 0.3) is 87.6 Å². The summed E-state index contributed by atoms with van der Waals surface area (Å²) in [4.78, 5) is 72.7. The van der Waals surface area contributed by atoms with Crippen molar-refractivity contribution in [3.05, 3.63) is 323 Å². The fraction of sp³-hybridized carbons (Fsp3) is 0.208. The average molecular weight is 1940 g/mol. The van der Waals surface area contributed by atoms with Gasteiger partial charge in [0.2, 0.25) is 0 Å². The molecule has 0 bridgehead atoms. The first-order valence-electron chi connectivity index (χ1n) is 41.1. The fourth-order valence-electron chi connectivity index (χ4n) is 11.9. The second-order valence-electron chi connectivity index (χ2n) is 27.9. The number of carboxylic acid groups (broad SMARTS) is 1. The van der Waals surface area contributed by atoms with Crippen LogP contribution in [-0.2, 0) is 17.6 Å². The van der Waals surface area contributed by atoms with Gasteiger partial charge in [-0.2, -0.15) is 0 Å². The monoisotopic (exact) mass is 1940 g/mol. The summed E-state index contributed by atoms with van der Waals surface area (Å²) in [6.07, 6.45) is 19.6. The number of rotatable bonds is 34. The van der Waals surface area contributed by atoms with E-state index >= 15 is 0 Å². The molecular formula is C101H105N4NaO12S11. The number of hydrogen-bond acceptors (Lipinski definition) is 27. The molecule has 15 aromatic rings. The van der Waals surface area contributed by atoms with Gasteiger partial charge in [0.15, 0.2) is 12.1 Å². The van der Waals surface area contributed by atoms with Crippen LogP contribution in [0.15, 0.2) is 247 Å². The summed E-state index contributed by atoms with van der Waals surface area (Å²) in [5, 5.41) is 71.3. The molecule has 668 valence electrons. The molecule has 6 N–H and O–H groups in total. The van der Waals surface area contributed by atoms with Gasteiger partial charge >= 0.3 is 35.5 Å². The molecule has 129 heavy (non-hydrogen) atoms. The molecule has 0 saturated carbocycles. The first-order valence-corrected chi connectivity index (χ1v) is 50.2. The molecular weight excluding hydrogens is 1840 g/mol. The second kappa shape index (κ2) is 57.8. The number of carbonyl (C=O) groups is 4. The van der Waals surface area contributed by atoms with E-state index in [9.17, 15) is 24.3 Å². The Hall–Kier alpha value is -9.22. The van der Waals surface area contributed by atoms with Crippen LogP contribution in [0.2, 0.25) is 0 Å². The maximum absolute atomic E-state index is 11.4. The van der Waals surface area contributed by atoms with Crippen LogP contribution < -0.4 is 54.3 Å². The summed E-state index contributed by atoms with van der Waals surface area (Å²) >= 11 is 18.1. The third kappa shape index (κ3) is 35.4. The van der Waals surface area contributed by atoms with Gasteiger partial charge in [-0.15, -0.1) is 125 Å². The standard InChI is InChI=1S/C21H21NO4S2.C17H19NO3S.C16H19NO2S.C16H19NOS.C11H10OS2.C10H8OS2.C10H10S2.Na/c23-13-11-22(12-14-24)16-4-1-15(2-5-16)3-6-17-7-8-18(27-17)19-9-10-20(28-19)21(25)26;1-18(11-12-19)14-6-3-13(4-7-14)5-8-15-9-10-16(22-15)17(20)21-2;18-11-9-17(10-12-19)15-6-3-14(4-7-15)5-8-16-2-1-13-20-16;1-13-3-9-16(19-13)10-6-14-4-7-15(8-5-14)17(2)11-12-18;1-2-8-3-5-10(13-8)11-6-4-9(7-12)14-11;1-7(11)8-4-5-10(13-8)9-3-2-6-12-9;1-2-8-5-6-10(12-8)9-4-3-7-11-9;/h1-10,23-24H,11-14H2,(H,25,26);3-10,19H,11-12H2,1-2H3;1-8,13,18-19H,9-12H2;3-10,18H,11-12H2,1-2H3;3-7H,2H2,1H3;2-6H,1H3;3-7H,2H2,1H3;/q;;;;;;;+1/p-1/b6-3+;2*8-5+;10-6+;;;;. The minimum atomic E-state index is -1.15. The molecule has 0 aliphatic carbocycles. The third-order valence-corrected chi connectivity index (χ3v) is 30.9. The number of hydrogen-bond donors (Lipinski definition) is 6. The molecule has 0 aliphatic rings. The molecule has 0 amide bonds. The topological polar surface area (TPSA) is 235 Å². The molecule has 4 aromatic carbocycles. The number of methoxy groups -OCH3 is 1. The van der Waals surface area contributed by atoms with E-state index < -0.39 is 5.97 Å². The number of carboxylic acids is 1. The van der Waals surface area contributed by atoms with E-state index in [4.69, 9.17) is 35.4 Å². The number of aryl methyl sites for hydroxylation is 3. The number of ketones is 1. The van der Waals surface area contributed by atoms with Crippen molar-refractivity contribution in [2.75, 3.05) is 120 Å². The predicted molar refractivity (Wildman–Crippen MR) is 553 cm³/mol. The van der Waals surface area contributed by atoms with Crippen molar-refractivity contribution in [3.8, 4) is 39.0 Å². The number of Topliss-reactive ketones (excluding diaryl/α,β-unsaturated/α-hetero) is 1. The van der Waals surface area contributed by atoms with Gasteiger partial charge in [0, 0.05) is 149 Å². The van der Waals surface area contributed by atoms with Gasteiger partial charge in [-0.25, -0.2) is 4.79 Å². The van der Waals surface area contributed by atoms with E-state index in [0.29, 0.717) is 44.1 Å². The Balaban J connectivity index is 0.000000189. The Morgan fingerprint density at radius 1 is 0.349 bits per heavy atom. The Kier molecular flexibility index (Phi) is 47.1. The van der Waals surface area contributed by atoms with E-state index in [1.54, 1.807) is 104 Å². The molecule has 0 radical (unpaired) electrons. The maximum atomic E-state index is 11.4. The molecule has 0 spiro atoms. The average Bonchev–Trinajstić information content (AvgIpc) is 1.70. The number of benzene rings is 4. The molecule has 0 atom stereocenters. The molecule has 15 rings (SSSR count). The van der Waals surface area contributed by atoms with Gasteiger partial charge in [-0.1, -0.05) is 105 Å². The Morgan fingerprint density at radius 3 is 1.05 bits per heavy atom. The zero-order valence-electron chi connectivity index (χ0n) is 73.2. The predicted octanol–water partition coefficient (Wildman–Crippen LogP) is 20.9. The fourth-order valence-corrected chi connectivity index (χ4v) is 21.4. The van der Waals surface area contributed by atoms with Gasteiger partial charge in [0.05, 0.1) is 67.4 Å². The summed E-state index contributed by atoms with van der Waals surface area (Å²) < 4.78 is 4.69. The van der Waals surface area contributed by atoms with Gasteiger partial charge < -0.3 is 64.9 Å². The largest absolute Gasteiger partial charge is 1.00 e. The van der Waals surface area contributed by atoms with Crippen LogP contribution in [0, 0.1) is 6.92 Å². The summed E-state index contributed by atoms with van der Waals surface area (Å²) in [6, 6.07) is 76.8. The maximum Gasteiger partial charge on any atom is 1.00 e. The number of carbonyl (C=O) groups excluding carboxylic acids is 4. The molecule has 16 nitrogen and oxygen atoms in total. The molecule has 0 fully saturated rings. The first-order chi connectivity index (χ1) is 62.3. The smallest absolute Gasteiger partial charge is 0.544 e. The van der Waals surface area contributed by atoms with Gasteiger partial charge in [0.25, 0.3) is 0 Å². The molecule has 0 saturated heterocycles. The van der Waals surface area contributed by atoms with Gasteiger partial charge in [-0.05, 0) is 253 Å². The van der Waals surface area contributed by atoms with Crippen molar-refractivity contribution in [1.29, 1.82) is 0 Å². The normalized spacial score (nSPS) is 10.8. The number of aldehydes is 1. The molecule has 0 unspecified atom stereocenters. The zero-order chi connectivity index (χ0) is 91.4. The summed E-state index contributed by atoms with van der Waals surface area (Å²) in [6.45, 7) is 11.9. The number of aromatic carboxylic acids is 1. The van der Waals surface area contributed by atoms with Crippen molar-refractivity contribution in [2.24, 2.45) is 0 Å². The van der Waals surface area contributed by atoms with Crippen LogP contribution in [0.1, 0.15) is 116 Å².